The van der Waals surface area contributed by atoms with Crippen LogP contribution in [0.4, 0.5) is 0 Å². The fourth-order valence-corrected chi connectivity index (χ4v) is 9.51. The van der Waals surface area contributed by atoms with Crippen LogP contribution in [-0.4, -0.2) is 39.8 Å². The zero-order valence-electron chi connectivity index (χ0n) is 21.7. The molecular weight excluding hydrogens is 480 g/mol. The van der Waals surface area contributed by atoms with Crippen LogP contribution in [0.3, 0.4) is 0 Å². The van der Waals surface area contributed by atoms with Gasteiger partial charge in [0.1, 0.15) is 0 Å². The Hall–Kier alpha value is -2.00. The van der Waals surface area contributed by atoms with Crippen molar-refractivity contribution in [3.05, 3.63) is 70.3 Å². The first-order chi connectivity index (χ1) is 16.3. The maximum atomic E-state index is 14.0. The fraction of sp³-hybridized carbons (Fsp3) is 0.481. The van der Waals surface area contributed by atoms with Crippen LogP contribution in [-0.2, 0) is 20.0 Å². The van der Waals surface area contributed by atoms with Crippen molar-refractivity contribution in [1.29, 1.82) is 0 Å². The summed E-state index contributed by atoms with van der Waals surface area (Å²) in [5.74, 6) is 0. The molecule has 0 unspecified atom stereocenters. The van der Waals surface area contributed by atoms with Crippen molar-refractivity contribution in [3.8, 4) is 0 Å². The standard InChI is InChI=1S/C27H38N2O4S2/c1-8-13-29(35(32,33)27-22(6)16-19(3)17-23(27)7)25-12-10-9-11-24(25)28-34(30,31)26-20(4)14-18(2)15-21(26)5/h8,14-17,24-25,28H,1,9-13H2,2-7H3/t24-,25+/m1/s1. The number of rotatable bonds is 8. The van der Waals surface area contributed by atoms with Gasteiger partial charge in [-0.05, 0) is 76.6 Å². The van der Waals surface area contributed by atoms with Crippen molar-refractivity contribution in [3.63, 3.8) is 0 Å². The number of aryl methyl sites for hydroxylation is 6. The smallest absolute Gasteiger partial charge is 0.207 e. The van der Waals surface area contributed by atoms with Gasteiger partial charge in [0.25, 0.3) is 0 Å². The Morgan fingerprint density at radius 1 is 0.829 bits per heavy atom. The summed E-state index contributed by atoms with van der Waals surface area (Å²) >= 11 is 0. The Balaban J connectivity index is 2.05. The lowest BCUT2D eigenvalue weighted by Crippen LogP contribution is -2.55. The number of benzene rings is 2. The van der Waals surface area contributed by atoms with Gasteiger partial charge in [0, 0.05) is 18.6 Å². The first-order valence-electron chi connectivity index (χ1n) is 12.1. The van der Waals surface area contributed by atoms with E-state index in [0.717, 1.165) is 24.0 Å². The van der Waals surface area contributed by atoms with Crippen molar-refractivity contribution in [2.24, 2.45) is 0 Å². The first kappa shape index (κ1) is 27.6. The van der Waals surface area contributed by atoms with E-state index >= 15 is 0 Å². The van der Waals surface area contributed by atoms with Crippen LogP contribution in [0.1, 0.15) is 59.1 Å². The van der Waals surface area contributed by atoms with Crippen LogP contribution in [0.2, 0.25) is 0 Å². The molecule has 192 valence electrons. The maximum absolute atomic E-state index is 14.0. The van der Waals surface area contributed by atoms with Gasteiger partial charge in [-0.2, -0.15) is 4.31 Å². The zero-order valence-corrected chi connectivity index (χ0v) is 23.3. The Bertz CT molecular complexity index is 1280. The van der Waals surface area contributed by atoms with E-state index in [-0.39, 0.29) is 11.4 Å². The van der Waals surface area contributed by atoms with E-state index in [9.17, 15) is 16.8 Å². The second-order valence-corrected chi connectivity index (χ2v) is 13.4. The molecule has 0 saturated heterocycles. The number of hydrogen-bond donors (Lipinski definition) is 1. The summed E-state index contributed by atoms with van der Waals surface area (Å²) in [6.07, 6.45) is 4.39. The first-order valence-corrected chi connectivity index (χ1v) is 15.0. The van der Waals surface area contributed by atoms with E-state index in [0.29, 0.717) is 40.0 Å². The van der Waals surface area contributed by atoms with Gasteiger partial charge in [-0.25, -0.2) is 21.6 Å². The predicted molar refractivity (Wildman–Crippen MR) is 142 cm³/mol. The van der Waals surface area contributed by atoms with Gasteiger partial charge in [0.05, 0.1) is 9.79 Å². The molecule has 0 heterocycles. The minimum atomic E-state index is -3.89. The van der Waals surface area contributed by atoms with Gasteiger partial charge in [0.2, 0.25) is 20.0 Å². The highest BCUT2D eigenvalue weighted by atomic mass is 32.2. The molecule has 3 rings (SSSR count). The van der Waals surface area contributed by atoms with Crippen molar-refractivity contribution in [2.45, 2.75) is 89.1 Å². The average Bonchev–Trinajstić information content (AvgIpc) is 2.70. The predicted octanol–water partition coefficient (Wildman–Crippen LogP) is 5.00. The summed E-state index contributed by atoms with van der Waals surface area (Å²) in [5, 5.41) is 0. The summed E-state index contributed by atoms with van der Waals surface area (Å²) in [5.41, 5.74) is 4.75. The highest BCUT2D eigenvalue weighted by Crippen LogP contribution is 2.33. The van der Waals surface area contributed by atoms with Crippen LogP contribution >= 0.6 is 0 Å². The van der Waals surface area contributed by atoms with Gasteiger partial charge < -0.3 is 0 Å². The van der Waals surface area contributed by atoms with Crippen LogP contribution < -0.4 is 4.72 Å². The van der Waals surface area contributed by atoms with Crippen molar-refractivity contribution >= 4 is 20.0 Å². The molecule has 2 aromatic rings. The number of hydrogen-bond acceptors (Lipinski definition) is 4. The van der Waals surface area contributed by atoms with Crippen LogP contribution in [0.5, 0.6) is 0 Å². The van der Waals surface area contributed by atoms with E-state index in [1.807, 2.05) is 52.0 Å². The average molecular weight is 519 g/mol. The molecule has 0 bridgehead atoms. The van der Waals surface area contributed by atoms with Crippen molar-refractivity contribution < 1.29 is 16.8 Å². The van der Waals surface area contributed by atoms with Gasteiger partial charge in [-0.15, -0.1) is 6.58 Å². The maximum Gasteiger partial charge on any atom is 0.244 e. The summed E-state index contributed by atoms with van der Waals surface area (Å²) < 4.78 is 59.4. The second kappa shape index (κ2) is 10.5. The molecule has 0 amide bonds. The molecule has 8 heteroatoms. The Morgan fingerprint density at radius 2 is 1.29 bits per heavy atom. The van der Waals surface area contributed by atoms with E-state index in [2.05, 4.69) is 11.3 Å². The third kappa shape index (κ3) is 5.71. The molecule has 0 aromatic heterocycles. The largest absolute Gasteiger partial charge is 0.244 e. The summed E-state index contributed by atoms with van der Waals surface area (Å²) in [6, 6.07) is 6.42. The van der Waals surface area contributed by atoms with Crippen LogP contribution in [0.15, 0.2) is 46.7 Å². The number of sulfonamides is 2. The summed E-state index contributed by atoms with van der Waals surface area (Å²) in [6.45, 7) is 15.0. The summed E-state index contributed by atoms with van der Waals surface area (Å²) in [4.78, 5) is 0.568. The van der Waals surface area contributed by atoms with E-state index in [1.165, 1.54) is 4.31 Å². The zero-order chi connectivity index (χ0) is 26.1. The molecule has 6 nitrogen and oxygen atoms in total. The molecule has 0 radical (unpaired) electrons. The number of nitrogens with one attached hydrogen (secondary N) is 1. The minimum absolute atomic E-state index is 0.112. The topological polar surface area (TPSA) is 83.6 Å². The second-order valence-electron chi connectivity index (χ2n) is 9.90. The molecule has 1 aliphatic carbocycles. The van der Waals surface area contributed by atoms with Gasteiger partial charge >= 0.3 is 0 Å². The molecule has 1 aliphatic rings. The van der Waals surface area contributed by atoms with Crippen LogP contribution in [0, 0.1) is 41.5 Å². The highest BCUT2D eigenvalue weighted by molar-refractivity contribution is 7.90. The molecule has 0 aliphatic heterocycles. The Labute approximate surface area is 211 Å². The third-order valence-corrected chi connectivity index (χ3v) is 10.8. The Kier molecular flexibility index (Phi) is 8.31. The fourth-order valence-electron chi connectivity index (χ4n) is 5.67. The van der Waals surface area contributed by atoms with Gasteiger partial charge in [0.15, 0.2) is 0 Å². The Morgan fingerprint density at radius 3 is 1.77 bits per heavy atom. The van der Waals surface area contributed by atoms with E-state index in [4.69, 9.17) is 0 Å². The van der Waals surface area contributed by atoms with Crippen molar-refractivity contribution in [1.82, 2.24) is 9.03 Å². The normalized spacial score (nSPS) is 19.2. The van der Waals surface area contributed by atoms with Crippen LogP contribution in [0.25, 0.3) is 0 Å². The highest BCUT2D eigenvalue weighted by Gasteiger charge is 2.40. The molecule has 0 spiro atoms. The molecular formula is C27H38N2O4S2. The SMILES string of the molecule is C=CCN([C@H]1CCCC[C@H]1NS(=O)(=O)c1c(C)cc(C)cc1C)S(=O)(=O)c1c(C)cc(C)cc1C. The monoisotopic (exact) mass is 518 g/mol. The minimum Gasteiger partial charge on any atom is -0.207 e. The quantitative estimate of drug-likeness (QED) is 0.498. The van der Waals surface area contributed by atoms with Crippen molar-refractivity contribution in [2.75, 3.05) is 6.54 Å². The lowest BCUT2D eigenvalue weighted by atomic mass is 9.91. The summed E-state index contributed by atoms with van der Waals surface area (Å²) in [7, 11) is -7.74. The molecule has 1 N–H and O–H groups in total. The molecule has 2 atom stereocenters. The van der Waals surface area contributed by atoms with Gasteiger partial charge in [-0.1, -0.05) is 54.3 Å². The molecule has 35 heavy (non-hydrogen) atoms. The van der Waals surface area contributed by atoms with E-state index in [1.54, 1.807) is 19.9 Å². The lowest BCUT2D eigenvalue weighted by Gasteiger charge is -2.39. The lowest BCUT2D eigenvalue weighted by molar-refractivity contribution is 0.226. The van der Waals surface area contributed by atoms with E-state index < -0.39 is 32.1 Å². The number of nitrogens with zero attached hydrogens (tertiary/aromatic N) is 1. The molecule has 1 fully saturated rings. The van der Waals surface area contributed by atoms with Gasteiger partial charge in [-0.3, -0.25) is 0 Å². The molecule has 1 saturated carbocycles. The third-order valence-electron chi connectivity index (χ3n) is 6.76. The molecule has 2 aromatic carbocycles.